The third-order valence-corrected chi connectivity index (χ3v) is 2.09. The van der Waals surface area contributed by atoms with Gasteiger partial charge in [0.25, 0.3) is 0 Å². The fraction of sp³-hybridized carbons (Fsp3) is 0.0769. The SMILES string of the molecule is COc1ccccc1Oc1cccc(F)c1. The summed E-state index contributed by atoms with van der Waals surface area (Å²) in [5.41, 5.74) is 0. The molecule has 0 spiro atoms. The molecule has 0 atom stereocenters. The summed E-state index contributed by atoms with van der Waals surface area (Å²) in [6.45, 7) is 0. The normalized spacial score (nSPS) is 9.88. The summed E-state index contributed by atoms with van der Waals surface area (Å²) in [4.78, 5) is 0. The van der Waals surface area contributed by atoms with Gasteiger partial charge in [-0.3, -0.25) is 0 Å². The maximum Gasteiger partial charge on any atom is 0.169 e. The van der Waals surface area contributed by atoms with E-state index in [1.807, 2.05) is 12.1 Å². The first-order valence-corrected chi connectivity index (χ1v) is 4.86. The minimum atomic E-state index is -0.326. The first kappa shape index (κ1) is 10.5. The Morgan fingerprint density at radius 2 is 1.69 bits per heavy atom. The Kier molecular flexibility index (Phi) is 3.05. The first-order chi connectivity index (χ1) is 7.79. The quantitative estimate of drug-likeness (QED) is 0.783. The van der Waals surface area contributed by atoms with Gasteiger partial charge >= 0.3 is 0 Å². The van der Waals surface area contributed by atoms with Crippen molar-refractivity contribution in [2.75, 3.05) is 7.11 Å². The molecule has 0 aliphatic carbocycles. The molecular formula is C13H11FO2. The van der Waals surface area contributed by atoms with Crippen molar-refractivity contribution < 1.29 is 13.9 Å². The Bertz CT molecular complexity index is 483. The zero-order valence-corrected chi connectivity index (χ0v) is 8.81. The molecule has 0 saturated carbocycles. The Morgan fingerprint density at radius 3 is 2.38 bits per heavy atom. The van der Waals surface area contributed by atoms with E-state index in [0.29, 0.717) is 17.2 Å². The third-order valence-electron chi connectivity index (χ3n) is 2.09. The topological polar surface area (TPSA) is 18.5 Å². The van der Waals surface area contributed by atoms with Gasteiger partial charge < -0.3 is 9.47 Å². The van der Waals surface area contributed by atoms with Crippen molar-refractivity contribution in [3.8, 4) is 17.2 Å². The van der Waals surface area contributed by atoms with E-state index in [9.17, 15) is 4.39 Å². The predicted octanol–water partition coefficient (Wildman–Crippen LogP) is 3.63. The molecule has 0 heterocycles. The molecule has 0 N–H and O–H groups in total. The monoisotopic (exact) mass is 218 g/mol. The summed E-state index contributed by atoms with van der Waals surface area (Å²) in [6.07, 6.45) is 0. The van der Waals surface area contributed by atoms with Gasteiger partial charge in [0.1, 0.15) is 11.6 Å². The Morgan fingerprint density at radius 1 is 0.938 bits per heavy atom. The lowest BCUT2D eigenvalue weighted by Gasteiger charge is -2.09. The molecule has 0 aliphatic rings. The van der Waals surface area contributed by atoms with Crippen molar-refractivity contribution in [2.24, 2.45) is 0 Å². The van der Waals surface area contributed by atoms with Gasteiger partial charge in [0.15, 0.2) is 11.5 Å². The molecule has 0 aliphatic heterocycles. The summed E-state index contributed by atoms with van der Waals surface area (Å²) >= 11 is 0. The molecule has 2 aromatic carbocycles. The summed E-state index contributed by atoms with van der Waals surface area (Å²) in [6, 6.07) is 13.2. The van der Waals surface area contributed by atoms with Gasteiger partial charge in [-0.05, 0) is 24.3 Å². The van der Waals surface area contributed by atoms with E-state index in [2.05, 4.69) is 0 Å². The second-order valence-corrected chi connectivity index (χ2v) is 3.21. The van der Waals surface area contributed by atoms with Crippen molar-refractivity contribution in [3.63, 3.8) is 0 Å². The van der Waals surface area contributed by atoms with Crippen LogP contribution in [0.2, 0.25) is 0 Å². The van der Waals surface area contributed by atoms with Gasteiger partial charge in [-0.25, -0.2) is 4.39 Å². The average Bonchev–Trinajstić information content (AvgIpc) is 2.30. The molecule has 0 saturated heterocycles. The van der Waals surface area contributed by atoms with E-state index in [0.717, 1.165) is 0 Å². The predicted molar refractivity (Wildman–Crippen MR) is 59.5 cm³/mol. The van der Waals surface area contributed by atoms with Crippen LogP contribution < -0.4 is 9.47 Å². The molecule has 3 heteroatoms. The molecule has 2 nitrogen and oxygen atoms in total. The first-order valence-electron chi connectivity index (χ1n) is 4.86. The van der Waals surface area contributed by atoms with Gasteiger partial charge in [-0.1, -0.05) is 18.2 Å². The zero-order valence-electron chi connectivity index (χ0n) is 8.81. The van der Waals surface area contributed by atoms with Crippen LogP contribution in [0, 0.1) is 5.82 Å². The van der Waals surface area contributed by atoms with E-state index in [-0.39, 0.29) is 5.82 Å². The summed E-state index contributed by atoms with van der Waals surface area (Å²) in [5, 5.41) is 0. The van der Waals surface area contributed by atoms with Gasteiger partial charge in [-0.15, -0.1) is 0 Å². The van der Waals surface area contributed by atoms with E-state index < -0.39 is 0 Å². The van der Waals surface area contributed by atoms with Crippen LogP contribution in [-0.2, 0) is 0 Å². The molecule has 2 aromatic rings. The summed E-state index contributed by atoms with van der Waals surface area (Å²) in [5.74, 6) is 1.30. The number of benzene rings is 2. The second kappa shape index (κ2) is 4.66. The van der Waals surface area contributed by atoms with E-state index in [4.69, 9.17) is 9.47 Å². The minimum Gasteiger partial charge on any atom is -0.493 e. The van der Waals surface area contributed by atoms with Gasteiger partial charge in [0.2, 0.25) is 0 Å². The largest absolute Gasteiger partial charge is 0.493 e. The highest BCUT2D eigenvalue weighted by Crippen LogP contribution is 2.30. The van der Waals surface area contributed by atoms with Crippen LogP contribution in [0.3, 0.4) is 0 Å². The molecule has 0 fully saturated rings. The highest BCUT2D eigenvalue weighted by Gasteiger charge is 2.04. The minimum absolute atomic E-state index is 0.326. The number of ether oxygens (including phenoxy) is 2. The van der Waals surface area contributed by atoms with Gasteiger partial charge in [-0.2, -0.15) is 0 Å². The third kappa shape index (κ3) is 2.31. The molecule has 82 valence electrons. The number of para-hydroxylation sites is 2. The maximum atomic E-state index is 12.9. The van der Waals surface area contributed by atoms with Crippen molar-refractivity contribution in [1.82, 2.24) is 0 Å². The van der Waals surface area contributed by atoms with Crippen LogP contribution in [0.15, 0.2) is 48.5 Å². The Hall–Kier alpha value is -2.03. The van der Waals surface area contributed by atoms with E-state index >= 15 is 0 Å². The molecule has 0 aromatic heterocycles. The molecule has 0 amide bonds. The average molecular weight is 218 g/mol. The van der Waals surface area contributed by atoms with Crippen molar-refractivity contribution in [3.05, 3.63) is 54.3 Å². The van der Waals surface area contributed by atoms with Crippen LogP contribution in [0.5, 0.6) is 17.2 Å². The van der Waals surface area contributed by atoms with Crippen molar-refractivity contribution in [1.29, 1.82) is 0 Å². The number of methoxy groups -OCH3 is 1. The number of halogens is 1. The van der Waals surface area contributed by atoms with Crippen LogP contribution in [0.4, 0.5) is 4.39 Å². The second-order valence-electron chi connectivity index (χ2n) is 3.21. The molecule has 2 rings (SSSR count). The van der Waals surface area contributed by atoms with Gasteiger partial charge in [0, 0.05) is 6.07 Å². The zero-order chi connectivity index (χ0) is 11.4. The van der Waals surface area contributed by atoms with Crippen molar-refractivity contribution in [2.45, 2.75) is 0 Å². The molecule has 0 bridgehead atoms. The van der Waals surface area contributed by atoms with Crippen LogP contribution in [0.1, 0.15) is 0 Å². The van der Waals surface area contributed by atoms with Crippen LogP contribution in [0.25, 0.3) is 0 Å². The van der Waals surface area contributed by atoms with E-state index in [1.165, 1.54) is 12.1 Å². The summed E-state index contributed by atoms with van der Waals surface area (Å²) in [7, 11) is 1.56. The molecule has 0 radical (unpaired) electrons. The smallest absolute Gasteiger partial charge is 0.169 e. The molecular weight excluding hydrogens is 207 g/mol. The van der Waals surface area contributed by atoms with Gasteiger partial charge in [0.05, 0.1) is 7.11 Å². The highest BCUT2D eigenvalue weighted by molar-refractivity contribution is 5.42. The number of rotatable bonds is 3. The Labute approximate surface area is 93.2 Å². The lowest BCUT2D eigenvalue weighted by Crippen LogP contribution is -1.89. The van der Waals surface area contributed by atoms with Crippen molar-refractivity contribution >= 4 is 0 Å². The standard InChI is InChI=1S/C13H11FO2/c1-15-12-7-2-3-8-13(12)16-11-6-4-5-10(14)9-11/h2-9H,1H3. The highest BCUT2D eigenvalue weighted by atomic mass is 19.1. The fourth-order valence-corrected chi connectivity index (χ4v) is 1.36. The van der Waals surface area contributed by atoms with Crippen LogP contribution >= 0.6 is 0 Å². The molecule has 0 unspecified atom stereocenters. The lowest BCUT2D eigenvalue weighted by atomic mass is 10.3. The fourth-order valence-electron chi connectivity index (χ4n) is 1.36. The number of hydrogen-bond acceptors (Lipinski definition) is 2. The lowest BCUT2D eigenvalue weighted by molar-refractivity contribution is 0.378. The van der Waals surface area contributed by atoms with E-state index in [1.54, 1.807) is 31.4 Å². The number of hydrogen-bond donors (Lipinski definition) is 0. The Balaban J connectivity index is 2.26. The van der Waals surface area contributed by atoms with Crippen LogP contribution in [-0.4, -0.2) is 7.11 Å². The molecule has 16 heavy (non-hydrogen) atoms. The maximum absolute atomic E-state index is 12.9. The summed E-state index contributed by atoms with van der Waals surface area (Å²) < 4.78 is 23.6.